The van der Waals surface area contributed by atoms with E-state index in [1.807, 2.05) is 24.3 Å². The van der Waals surface area contributed by atoms with Gasteiger partial charge in [-0.25, -0.2) is 4.57 Å². The van der Waals surface area contributed by atoms with Crippen molar-refractivity contribution in [3.8, 4) is 0 Å². The van der Waals surface area contributed by atoms with Crippen LogP contribution in [0.4, 0.5) is 0 Å². The first kappa shape index (κ1) is 18.6. The van der Waals surface area contributed by atoms with E-state index < -0.39 is 7.82 Å². The SMILES string of the molecule is O=C1NC(=O)c2cccc3cccc1c23.O=P(O)(O)O.[KH]. The van der Waals surface area contributed by atoms with E-state index in [9.17, 15) is 9.59 Å². The molecule has 1 heterocycles. The van der Waals surface area contributed by atoms with Crippen LogP contribution >= 0.6 is 7.82 Å². The summed E-state index contributed by atoms with van der Waals surface area (Å²) < 4.78 is 8.88. The number of imide groups is 1. The van der Waals surface area contributed by atoms with Crippen molar-refractivity contribution in [2.24, 2.45) is 0 Å². The first-order valence-corrected chi connectivity index (χ1v) is 6.99. The van der Waals surface area contributed by atoms with Gasteiger partial charge in [-0.05, 0) is 17.5 Å². The molecule has 0 saturated carbocycles. The fourth-order valence-electron chi connectivity index (χ4n) is 1.96. The third-order valence-electron chi connectivity index (χ3n) is 2.62. The van der Waals surface area contributed by atoms with Crippen LogP contribution in [0.1, 0.15) is 20.7 Å². The molecule has 0 radical (unpaired) electrons. The van der Waals surface area contributed by atoms with Crippen molar-refractivity contribution in [3.63, 3.8) is 0 Å². The number of carbonyl (C=O) groups excluding carboxylic acids is 2. The van der Waals surface area contributed by atoms with Crippen LogP contribution in [0.5, 0.6) is 0 Å². The third kappa shape index (κ3) is 4.78. The summed E-state index contributed by atoms with van der Waals surface area (Å²) in [5.41, 5.74) is 1.14. The molecule has 0 saturated heterocycles. The van der Waals surface area contributed by atoms with Gasteiger partial charge in [-0.3, -0.25) is 14.9 Å². The molecule has 0 spiro atoms. The number of carbonyl (C=O) groups is 2. The summed E-state index contributed by atoms with van der Waals surface area (Å²) in [4.78, 5) is 44.7. The average molecular weight is 335 g/mol. The van der Waals surface area contributed by atoms with Crippen molar-refractivity contribution in [2.75, 3.05) is 0 Å². The van der Waals surface area contributed by atoms with Crippen molar-refractivity contribution >= 4 is 81.8 Å². The summed E-state index contributed by atoms with van der Waals surface area (Å²) >= 11 is 0. The van der Waals surface area contributed by atoms with Crippen LogP contribution < -0.4 is 5.32 Å². The van der Waals surface area contributed by atoms with E-state index in [4.69, 9.17) is 19.2 Å². The Morgan fingerprint density at radius 2 is 1.24 bits per heavy atom. The number of hydrogen-bond acceptors (Lipinski definition) is 3. The summed E-state index contributed by atoms with van der Waals surface area (Å²) in [6.07, 6.45) is 0. The maximum atomic E-state index is 11.6. The van der Waals surface area contributed by atoms with Crippen LogP contribution in [0.25, 0.3) is 10.8 Å². The van der Waals surface area contributed by atoms with E-state index in [1.165, 1.54) is 0 Å². The van der Waals surface area contributed by atoms with Gasteiger partial charge in [0.05, 0.1) is 0 Å². The second kappa shape index (κ2) is 7.23. The van der Waals surface area contributed by atoms with Gasteiger partial charge < -0.3 is 14.7 Å². The second-order valence-electron chi connectivity index (χ2n) is 4.01. The summed E-state index contributed by atoms with van der Waals surface area (Å²) in [6, 6.07) is 10.9. The molecule has 21 heavy (non-hydrogen) atoms. The normalized spacial score (nSPS) is 12.9. The van der Waals surface area contributed by atoms with Gasteiger partial charge in [0, 0.05) is 16.5 Å². The van der Waals surface area contributed by atoms with Crippen LogP contribution in [-0.4, -0.2) is 77.9 Å². The number of nitrogens with one attached hydrogen (secondary N) is 1. The number of benzene rings is 2. The molecule has 9 heteroatoms. The van der Waals surface area contributed by atoms with Crippen LogP contribution in [-0.2, 0) is 4.57 Å². The number of hydrogen-bond donors (Lipinski definition) is 4. The molecule has 0 fully saturated rings. The second-order valence-corrected chi connectivity index (χ2v) is 5.03. The predicted octanol–water partition coefficient (Wildman–Crippen LogP) is 0.146. The Morgan fingerprint density at radius 1 is 0.857 bits per heavy atom. The topological polar surface area (TPSA) is 124 Å². The molecule has 1 aliphatic rings. The van der Waals surface area contributed by atoms with Crippen molar-refractivity contribution in [1.29, 1.82) is 0 Å². The Bertz CT molecular complexity index is 699. The van der Waals surface area contributed by atoms with Crippen molar-refractivity contribution in [3.05, 3.63) is 47.5 Å². The van der Waals surface area contributed by atoms with Crippen molar-refractivity contribution in [2.45, 2.75) is 0 Å². The third-order valence-corrected chi connectivity index (χ3v) is 2.62. The predicted molar refractivity (Wildman–Crippen MR) is 77.2 cm³/mol. The molecule has 2 aromatic carbocycles. The Labute approximate surface area is 162 Å². The molecular weight excluding hydrogens is 324 g/mol. The van der Waals surface area contributed by atoms with Crippen LogP contribution in [0.3, 0.4) is 0 Å². The van der Waals surface area contributed by atoms with Gasteiger partial charge in [0.15, 0.2) is 0 Å². The minimum absolute atomic E-state index is 0. The van der Waals surface area contributed by atoms with E-state index in [0.29, 0.717) is 11.1 Å². The van der Waals surface area contributed by atoms with Gasteiger partial charge in [-0.2, -0.15) is 0 Å². The van der Waals surface area contributed by atoms with E-state index in [-0.39, 0.29) is 63.2 Å². The van der Waals surface area contributed by atoms with Gasteiger partial charge in [0.1, 0.15) is 0 Å². The quantitative estimate of drug-likeness (QED) is 0.309. The van der Waals surface area contributed by atoms with E-state index >= 15 is 0 Å². The first-order valence-electron chi connectivity index (χ1n) is 5.43. The fourth-order valence-corrected chi connectivity index (χ4v) is 1.96. The summed E-state index contributed by atoms with van der Waals surface area (Å²) in [6.45, 7) is 0. The van der Waals surface area contributed by atoms with Crippen molar-refractivity contribution in [1.82, 2.24) is 5.32 Å². The molecule has 7 nitrogen and oxygen atoms in total. The molecule has 2 aromatic rings. The molecular formula is C12H11KNO6P. The number of phosphoric acid groups is 1. The molecule has 0 aliphatic carbocycles. The molecule has 0 aromatic heterocycles. The molecule has 0 bridgehead atoms. The standard InChI is InChI=1S/C12H7NO2.K.H3O4P.H/c14-11-8-5-1-3-7-4-2-6-9(10(7)8)12(15)13-11;;1-5(2,3)4;/h1-6H,(H,13,14,15);;(H3,1,2,3,4);. The maximum absolute atomic E-state index is 11.6. The summed E-state index contributed by atoms with van der Waals surface area (Å²) in [5, 5.41) is 4.00. The molecule has 0 atom stereocenters. The zero-order valence-corrected chi connectivity index (χ0v) is 10.9. The molecule has 1 aliphatic heterocycles. The van der Waals surface area contributed by atoms with Gasteiger partial charge in [0.2, 0.25) is 0 Å². The fraction of sp³-hybridized carbons (Fsp3) is 0. The van der Waals surface area contributed by atoms with E-state index in [0.717, 1.165) is 10.8 Å². The summed E-state index contributed by atoms with van der Waals surface area (Å²) in [5.74, 6) is -0.631. The van der Waals surface area contributed by atoms with Gasteiger partial charge in [-0.15, -0.1) is 0 Å². The van der Waals surface area contributed by atoms with Gasteiger partial charge in [-0.1, -0.05) is 24.3 Å². The van der Waals surface area contributed by atoms with Crippen LogP contribution in [0.2, 0.25) is 0 Å². The van der Waals surface area contributed by atoms with Gasteiger partial charge >= 0.3 is 59.2 Å². The van der Waals surface area contributed by atoms with E-state index in [2.05, 4.69) is 5.32 Å². The molecule has 3 rings (SSSR count). The number of rotatable bonds is 0. The summed E-state index contributed by atoms with van der Waals surface area (Å²) in [7, 11) is -4.64. The zero-order chi connectivity index (χ0) is 14.9. The minimum atomic E-state index is -4.64. The number of amides is 2. The van der Waals surface area contributed by atoms with Crippen molar-refractivity contribution < 1.29 is 28.8 Å². The van der Waals surface area contributed by atoms with Crippen LogP contribution in [0, 0.1) is 0 Å². The monoisotopic (exact) mass is 335 g/mol. The molecule has 0 unspecified atom stereocenters. The van der Waals surface area contributed by atoms with Gasteiger partial charge in [0.25, 0.3) is 11.8 Å². The van der Waals surface area contributed by atoms with E-state index in [1.54, 1.807) is 12.1 Å². The Kier molecular flexibility index (Phi) is 6.42. The Hall–Kier alpha value is -0.414. The molecule has 106 valence electrons. The first-order chi connectivity index (χ1) is 9.27. The Balaban J connectivity index is 0.000000324. The van der Waals surface area contributed by atoms with Crippen LogP contribution in [0.15, 0.2) is 36.4 Å². The zero-order valence-electron chi connectivity index (χ0n) is 9.98. The Morgan fingerprint density at radius 3 is 1.62 bits per heavy atom. The molecule has 2 amide bonds. The average Bonchev–Trinajstić information content (AvgIpc) is 2.33. The molecule has 4 N–H and O–H groups in total.